The topological polar surface area (TPSA) is 84.5 Å². The number of rotatable bonds is 9. The number of ether oxygens (including phenoxy) is 1. The molecule has 0 saturated heterocycles. The summed E-state index contributed by atoms with van der Waals surface area (Å²) in [4.78, 5) is 35.5. The molecule has 0 aromatic heterocycles. The van der Waals surface area contributed by atoms with Crippen LogP contribution in [0, 0.1) is 0 Å². The van der Waals surface area contributed by atoms with Crippen LogP contribution in [0.2, 0.25) is 0 Å². The third-order valence-electron chi connectivity index (χ3n) is 4.59. The summed E-state index contributed by atoms with van der Waals surface area (Å²) in [6.45, 7) is 5.56. The molecule has 2 amide bonds. The molecule has 0 aliphatic rings. The van der Waals surface area contributed by atoms with Gasteiger partial charge in [0.25, 0.3) is 5.91 Å². The van der Waals surface area contributed by atoms with Gasteiger partial charge in [-0.3, -0.25) is 14.4 Å². The van der Waals surface area contributed by atoms with Crippen molar-refractivity contribution in [1.29, 1.82) is 0 Å². The molecule has 29 heavy (non-hydrogen) atoms. The first-order chi connectivity index (χ1) is 13.9. The molecule has 2 N–H and O–H groups in total. The predicted molar refractivity (Wildman–Crippen MR) is 112 cm³/mol. The van der Waals surface area contributed by atoms with Crippen LogP contribution in [0.5, 0.6) is 0 Å². The molecule has 154 valence electrons. The molecule has 0 fully saturated rings. The highest BCUT2D eigenvalue weighted by molar-refractivity contribution is 5.88. The lowest BCUT2D eigenvalue weighted by molar-refractivity contribution is -0.154. The number of hydrogen-bond donors (Lipinski definition) is 2. The Balaban J connectivity index is 1.80. The first-order valence-corrected chi connectivity index (χ1v) is 9.77. The average molecular weight is 396 g/mol. The molecule has 6 nitrogen and oxygen atoms in total. The van der Waals surface area contributed by atoms with Crippen molar-refractivity contribution in [1.82, 2.24) is 5.32 Å². The lowest BCUT2D eigenvalue weighted by atomic mass is 9.96. The van der Waals surface area contributed by atoms with Crippen molar-refractivity contribution in [3.05, 3.63) is 65.7 Å². The summed E-state index contributed by atoms with van der Waals surface area (Å²) in [5.74, 6) is -0.733. The lowest BCUT2D eigenvalue weighted by Crippen LogP contribution is -2.38. The van der Waals surface area contributed by atoms with Crippen LogP contribution in [0.1, 0.15) is 44.2 Å². The van der Waals surface area contributed by atoms with E-state index < -0.39 is 12.1 Å². The van der Waals surface area contributed by atoms with Gasteiger partial charge in [-0.15, -0.1) is 0 Å². The van der Waals surface area contributed by atoms with E-state index in [0.717, 1.165) is 12.0 Å². The van der Waals surface area contributed by atoms with Crippen LogP contribution in [0.25, 0.3) is 0 Å². The summed E-state index contributed by atoms with van der Waals surface area (Å²) >= 11 is 0. The van der Waals surface area contributed by atoms with Crippen LogP contribution in [-0.4, -0.2) is 30.4 Å². The van der Waals surface area contributed by atoms with Gasteiger partial charge in [0.2, 0.25) is 5.91 Å². The predicted octanol–water partition coefficient (Wildman–Crippen LogP) is 3.43. The van der Waals surface area contributed by atoms with Crippen LogP contribution in [-0.2, 0) is 25.5 Å². The Morgan fingerprint density at radius 1 is 1.00 bits per heavy atom. The van der Waals surface area contributed by atoms with Crippen LogP contribution in [0.15, 0.2) is 54.6 Å². The quantitative estimate of drug-likeness (QED) is 0.636. The Labute approximate surface area is 171 Å². The average Bonchev–Trinajstić information content (AvgIpc) is 2.70. The molecule has 0 saturated carbocycles. The second kappa shape index (κ2) is 11.0. The number of anilines is 1. The molecular weight excluding hydrogens is 368 g/mol. The fourth-order valence-electron chi connectivity index (χ4n) is 2.96. The molecule has 0 unspecified atom stereocenters. The number of esters is 1. The van der Waals surface area contributed by atoms with Crippen LogP contribution >= 0.6 is 0 Å². The Bertz CT molecular complexity index is 819. The summed E-state index contributed by atoms with van der Waals surface area (Å²) in [5, 5.41) is 5.53. The van der Waals surface area contributed by atoms with Gasteiger partial charge >= 0.3 is 5.97 Å². The molecule has 0 aliphatic carbocycles. The second-order valence-corrected chi connectivity index (χ2v) is 6.95. The Morgan fingerprint density at radius 3 is 2.24 bits per heavy atom. The van der Waals surface area contributed by atoms with Gasteiger partial charge in [0, 0.05) is 25.1 Å². The second-order valence-electron chi connectivity index (χ2n) is 6.95. The first kappa shape index (κ1) is 22.1. The maximum Gasteiger partial charge on any atom is 0.311 e. The SMILES string of the molecule is CC[C@H](CNC(=O)[C@@H](C)OC(=O)Cc1ccc(NC(C)=O)cc1)c1ccccc1. The van der Waals surface area contributed by atoms with E-state index in [0.29, 0.717) is 12.2 Å². The number of hydrogen-bond acceptors (Lipinski definition) is 4. The fraction of sp³-hybridized carbons (Fsp3) is 0.348. The minimum absolute atomic E-state index is 0.0551. The molecule has 6 heteroatoms. The third-order valence-corrected chi connectivity index (χ3v) is 4.59. The van der Waals surface area contributed by atoms with E-state index in [-0.39, 0.29) is 24.2 Å². The van der Waals surface area contributed by atoms with Crippen LogP contribution in [0.3, 0.4) is 0 Å². The van der Waals surface area contributed by atoms with Crippen molar-refractivity contribution in [3.8, 4) is 0 Å². The number of carbonyl (C=O) groups excluding carboxylic acids is 3. The number of benzene rings is 2. The van der Waals surface area contributed by atoms with Crippen molar-refractivity contribution in [2.24, 2.45) is 0 Å². The van der Waals surface area contributed by atoms with Crippen molar-refractivity contribution in [2.75, 3.05) is 11.9 Å². The maximum absolute atomic E-state index is 12.3. The monoisotopic (exact) mass is 396 g/mol. The van der Waals surface area contributed by atoms with Gasteiger partial charge in [-0.25, -0.2) is 0 Å². The fourth-order valence-corrected chi connectivity index (χ4v) is 2.96. The van der Waals surface area contributed by atoms with E-state index in [9.17, 15) is 14.4 Å². The van der Waals surface area contributed by atoms with E-state index >= 15 is 0 Å². The molecule has 0 heterocycles. The highest BCUT2D eigenvalue weighted by Crippen LogP contribution is 2.18. The first-order valence-electron chi connectivity index (χ1n) is 9.77. The molecule has 0 bridgehead atoms. The third kappa shape index (κ3) is 7.41. The Kier molecular flexibility index (Phi) is 8.40. The molecule has 2 aromatic carbocycles. The van der Waals surface area contributed by atoms with Crippen molar-refractivity contribution < 1.29 is 19.1 Å². The minimum atomic E-state index is -0.866. The van der Waals surface area contributed by atoms with Crippen molar-refractivity contribution >= 4 is 23.5 Å². The van der Waals surface area contributed by atoms with Gasteiger partial charge in [0.1, 0.15) is 0 Å². The molecular formula is C23H28N2O4. The Morgan fingerprint density at radius 2 is 1.66 bits per heavy atom. The molecule has 2 aromatic rings. The smallest absolute Gasteiger partial charge is 0.311 e. The summed E-state index contributed by atoms with van der Waals surface area (Å²) < 4.78 is 5.26. The standard InChI is InChI=1S/C23H28N2O4/c1-4-19(20-8-6-5-7-9-20)15-24-23(28)16(2)29-22(27)14-18-10-12-21(13-11-18)25-17(3)26/h5-13,16,19H,4,14-15H2,1-3H3,(H,24,28)(H,25,26)/t16-,19-/m1/s1. The van der Waals surface area contributed by atoms with E-state index in [2.05, 4.69) is 17.6 Å². The van der Waals surface area contributed by atoms with Gasteiger partial charge in [-0.2, -0.15) is 0 Å². The highest BCUT2D eigenvalue weighted by atomic mass is 16.5. The van der Waals surface area contributed by atoms with Gasteiger partial charge in [0.15, 0.2) is 6.10 Å². The molecule has 0 spiro atoms. The van der Waals surface area contributed by atoms with E-state index in [1.165, 1.54) is 12.5 Å². The van der Waals surface area contributed by atoms with E-state index in [1.807, 2.05) is 30.3 Å². The lowest BCUT2D eigenvalue weighted by Gasteiger charge is -2.18. The number of amides is 2. The van der Waals surface area contributed by atoms with E-state index in [4.69, 9.17) is 4.74 Å². The van der Waals surface area contributed by atoms with Crippen molar-refractivity contribution in [2.45, 2.75) is 45.6 Å². The number of nitrogens with one attached hydrogen (secondary N) is 2. The normalized spacial score (nSPS) is 12.5. The zero-order valence-corrected chi connectivity index (χ0v) is 17.1. The summed E-state index contributed by atoms with van der Waals surface area (Å²) in [7, 11) is 0. The maximum atomic E-state index is 12.3. The molecule has 2 atom stereocenters. The zero-order valence-electron chi connectivity index (χ0n) is 17.1. The van der Waals surface area contributed by atoms with Crippen molar-refractivity contribution in [3.63, 3.8) is 0 Å². The largest absolute Gasteiger partial charge is 0.452 e. The summed E-state index contributed by atoms with van der Waals surface area (Å²) in [6, 6.07) is 16.9. The molecule has 0 aliphatic heterocycles. The van der Waals surface area contributed by atoms with E-state index in [1.54, 1.807) is 31.2 Å². The van der Waals surface area contributed by atoms with Crippen LogP contribution < -0.4 is 10.6 Å². The summed E-state index contributed by atoms with van der Waals surface area (Å²) in [6.07, 6.45) is 0.0846. The molecule has 2 rings (SSSR count). The van der Waals surface area contributed by atoms with Gasteiger partial charge < -0.3 is 15.4 Å². The van der Waals surface area contributed by atoms with Gasteiger partial charge in [-0.1, -0.05) is 49.4 Å². The highest BCUT2D eigenvalue weighted by Gasteiger charge is 2.19. The van der Waals surface area contributed by atoms with Gasteiger partial charge in [-0.05, 0) is 36.6 Å². The Hall–Kier alpha value is -3.15. The minimum Gasteiger partial charge on any atom is -0.452 e. The summed E-state index contributed by atoms with van der Waals surface area (Å²) in [5.41, 5.74) is 2.57. The van der Waals surface area contributed by atoms with Crippen LogP contribution in [0.4, 0.5) is 5.69 Å². The molecule has 0 radical (unpaired) electrons. The van der Waals surface area contributed by atoms with Gasteiger partial charge in [0.05, 0.1) is 6.42 Å². The number of carbonyl (C=O) groups is 3. The zero-order chi connectivity index (χ0) is 21.2.